The maximum Gasteiger partial charge on any atom is 0.218 e. The monoisotopic (exact) mass is 465 g/mol. The van der Waals surface area contributed by atoms with Crippen molar-refractivity contribution in [3.8, 4) is 17.1 Å². The Morgan fingerprint density at radius 1 is 0.758 bits per heavy atom. The molecule has 33 heavy (non-hydrogen) atoms. The van der Waals surface area contributed by atoms with Crippen molar-refractivity contribution in [2.24, 2.45) is 0 Å². The van der Waals surface area contributed by atoms with E-state index in [1.54, 1.807) is 0 Å². The molecule has 0 saturated carbocycles. The number of unbranched alkanes of at least 4 members (excludes halogenated alkanes) is 9. The number of nitrogens with zero attached hydrogens (tertiary/aromatic N) is 2. The molecule has 0 aliphatic rings. The summed E-state index contributed by atoms with van der Waals surface area (Å²) < 4.78 is 5.90. The molecule has 4 nitrogen and oxygen atoms in total. The van der Waals surface area contributed by atoms with Crippen molar-refractivity contribution in [1.29, 1.82) is 0 Å². The summed E-state index contributed by atoms with van der Waals surface area (Å²) in [6.45, 7) is 3.07. The molecule has 0 saturated heterocycles. The van der Waals surface area contributed by atoms with Gasteiger partial charge >= 0.3 is 0 Å². The van der Waals surface area contributed by atoms with Crippen molar-refractivity contribution in [2.45, 2.75) is 71.1 Å². The van der Waals surface area contributed by atoms with Crippen LogP contribution in [-0.4, -0.2) is 21.8 Å². The Morgan fingerprint density at radius 3 is 1.85 bits per heavy atom. The highest BCUT2D eigenvalue weighted by molar-refractivity contribution is 6.28. The minimum atomic E-state index is 0.296. The first-order chi connectivity index (χ1) is 16.2. The molecule has 0 atom stereocenters. The van der Waals surface area contributed by atoms with Gasteiger partial charge in [0.1, 0.15) is 5.75 Å². The summed E-state index contributed by atoms with van der Waals surface area (Å²) in [6, 6.07) is 16.3. The molecule has 1 N–H and O–H groups in total. The molecule has 0 aliphatic heterocycles. The second kappa shape index (κ2) is 14.5. The summed E-state index contributed by atoms with van der Waals surface area (Å²) in [6.07, 6.45) is 17.6. The Bertz CT molecular complexity index is 948. The van der Waals surface area contributed by atoms with Crippen LogP contribution in [0.1, 0.15) is 82.3 Å². The van der Waals surface area contributed by atoms with Crippen LogP contribution in [0.4, 0.5) is 0 Å². The zero-order valence-corrected chi connectivity index (χ0v) is 20.5. The third kappa shape index (κ3) is 9.43. The fourth-order valence-electron chi connectivity index (χ4n) is 3.76. The molecular weight excluding hydrogens is 430 g/mol. The lowest BCUT2D eigenvalue weighted by Crippen LogP contribution is -1.97. The molecule has 0 radical (unpaired) electrons. The molecule has 1 heterocycles. The van der Waals surface area contributed by atoms with E-state index in [0.717, 1.165) is 35.5 Å². The van der Waals surface area contributed by atoms with Gasteiger partial charge in [-0.15, -0.1) is 0 Å². The molecule has 0 amide bonds. The van der Waals surface area contributed by atoms with Crippen molar-refractivity contribution in [2.75, 3.05) is 6.61 Å². The predicted octanol–water partition coefficient (Wildman–Crippen LogP) is 8.60. The van der Waals surface area contributed by atoms with Gasteiger partial charge in [-0.3, -0.25) is 0 Å². The number of halogens is 1. The van der Waals surface area contributed by atoms with Crippen molar-refractivity contribution >= 4 is 23.8 Å². The molecule has 3 rings (SSSR count). The van der Waals surface area contributed by atoms with Crippen LogP contribution in [0.2, 0.25) is 5.28 Å². The summed E-state index contributed by atoms with van der Waals surface area (Å²) >= 11 is 5.80. The Balaban J connectivity index is 1.31. The number of nitrogens with one attached hydrogen (secondary N) is 1. The average Bonchev–Trinajstić information content (AvgIpc) is 3.28. The highest BCUT2D eigenvalue weighted by Crippen LogP contribution is 2.19. The minimum Gasteiger partial charge on any atom is -0.494 e. The van der Waals surface area contributed by atoms with Gasteiger partial charge in [-0.25, -0.2) is 5.10 Å². The minimum absolute atomic E-state index is 0.296. The van der Waals surface area contributed by atoms with Crippen LogP contribution < -0.4 is 4.74 Å². The number of aromatic nitrogens is 3. The number of ether oxygens (including phenoxy) is 1. The van der Waals surface area contributed by atoms with E-state index in [4.69, 9.17) is 16.3 Å². The molecule has 0 aliphatic carbocycles. The maximum absolute atomic E-state index is 5.90. The van der Waals surface area contributed by atoms with Gasteiger partial charge in [0.15, 0.2) is 5.82 Å². The Morgan fingerprint density at radius 2 is 1.30 bits per heavy atom. The van der Waals surface area contributed by atoms with Gasteiger partial charge in [-0.1, -0.05) is 113 Å². The highest BCUT2D eigenvalue weighted by atomic mass is 35.5. The largest absolute Gasteiger partial charge is 0.494 e. The van der Waals surface area contributed by atoms with Gasteiger partial charge in [-0.2, -0.15) is 10.1 Å². The van der Waals surface area contributed by atoms with Gasteiger partial charge in [-0.05, 0) is 41.3 Å². The molecule has 3 aromatic rings. The number of H-pyrrole nitrogens is 1. The number of hydrogen-bond acceptors (Lipinski definition) is 3. The quantitative estimate of drug-likeness (QED) is 0.180. The molecule has 1 aromatic heterocycles. The standard InChI is InChI=1S/C28H36ClN3O/c1-2-3-4-5-6-7-8-9-10-11-22-33-26-20-16-24(17-21-26)13-12-23-14-18-25(19-15-23)27-30-28(29)32-31-27/h12-21H,2-11,22H2,1H3,(H,30,31,32)/b13-12+. The Hall–Kier alpha value is -2.59. The molecule has 0 spiro atoms. The van der Waals surface area contributed by atoms with E-state index >= 15 is 0 Å². The molecule has 176 valence electrons. The third-order valence-corrected chi connectivity index (χ3v) is 5.91. The van der Waals surface area contributed by atoms with Crippen molar-refractivity contribution in [3.05, 3.63) is 64.9 Å². The van der Waals surface area contributed by atoms with E-state index in [-0.39, 0.29) is 0 Å². The van der Waals surface area contributed by atoms with Crippen molar-refractivity contribution in [3.63, 3.8) is 0 Å². The molecule has 0 bridgehead atoms. The van der Waals surface area contributed by atoms with E-state index < -0.39 is 0 Å². The molecular formula is C28H36ClN3O. The van der Waals surface area contributed by atoms with E-state index in [2.05, 4.69) is 46.4 Å². The first kappa shape index (κ1) is 25.0. The fourth-order valence-corrected chi connectivity index (χ4v) is 3.88. The van der Waals surface area contributed by atoms with Gasteiger partial charge in [0.05, 0.1) is 6.61 Å². The number of benzene rings is 2. The molecule has 0 fully saturated rings. The van der Waals surface area contributed by atoms with Crippen LogP contribution in [0.3, 0.4) is 0 Å². The number of hydrogen-bond donors (Lipinski definition) is 1. The van der Waals surface area contributed by atoms with Gasteiger partial charge in [0.2, 0.25) is 5.28 Å². The topological polar surface area (TPSA) is 50.8 Å². The maximum atomic E-state index is 5.90. The SMILES string of the molecule is CCCCCCCCCCCCOc1ccc(/C=C/c2ccc(-c3n[nH]c(Cl)n3)cc2)cc1. The first-order valence-corrected chi connectivity index (χ1v) is 12.7. The lowest BCUT2D eigenvalue weighted by Gasteiger charge is -2.06. The zero-order valence-electron chi connectivity index (χ0n) is 19.7. The van der Waals surface area contributed by atoms with Gasteiger partial charge in [0, 0.05) is 5.56 Å². The summed E-state index contributed by atoms with van der Waals surface area (Å²) in [5.41, 5.74) is 3.19. The molecule has 0 unspecified atom stereocenters. The van der Waals surface area contributed by atoms with E-state index in [1.165, 1.54) is 57.8 Å². The van der Waals surface area contributed by atoms with Crippen LogP contribution in [0.15, 0.2) is 48.5 Å². The van der Waals surface area contributed by atoms with Gasteiger partial charge < -0.3 is 4.74 Å². The average molecular weight is 466 g/mol. The van der Waals surface area contributed by atoms with E-state index in [9.17, 15) is 0 Å². The smallest absolute Gasteiger partial charge is 0.218 e. The predicted molar refractivity (Wildman–Crippen MR) is 140 cm³/mol. The lowest BCUT2D eigenvalue weighted by molar-refractivity contribution is 0.304. The highest BCUT2D eigenvalue weighted by Gasteiger charge is 2.03. The van der Waals surface area contributed by atoms with E-state index in [0.29, 0.717) is 11.1 Å². The summed E-state index contributed by atoms with van der Waals surface area (Å²) in [5.74, 6) is 1.54. The van der Waals surface area contributed by atoms with Crippen LogP contribution in [0, 0.1) is 0 Å². The first-order valence-electron chi connectivity index (χ1n) is 12.3. The van der Waals surface area contributed by atoms with Crippen LogP contribution >= 0.6 is 11.6 Å². The van der Waals surface area contributed by atoms with Crippen molar-refractivity contribution in [1.82, 2.24) is 15.2 Å². The molecule has 2 aromatic carbocycles. The fraction of sp³-hybridized carbons (Fsp3) is 0.429. The Labute approximate surface area is 203 Å². The Kier molecular flexibility index (Phi) is 11.0. The molecule has 5 heteroatoms. The second-order valence-corrected chi connectivity index (χ2v) is 8.86. The summed E-state index contributed by atoms with van der Waals surface area (Å²) in [4.78, 5) is 4.14. The number of aromatic amines is 1. The zero-order chi connectivity index (χ0) is 23.1. The number of rotatable bonds is 15. The van der Waals surface area contributed by atoms with Crippen LogP contribution in [0.5, 0.6) is 5.75 Å². The normalized spacial score (nSPS) is 11.3. The van der Waals surface area contributed by atoms with Crippen LogP contribution in [-0.2, 0) is 0 Å². The lowest BCUT2D eigenvalue weighted by atomic mass is 10.1. The summed E-state index contributed by atoms with van der Waals surface area (Å²) in [7, 11) is 0. The summed E-state index contributed by atoms with van der Waals surface area (Å²) in [5, 5.41) is 7.02. The van der Waals surface area contributed by atoms with Gasteiger partial charge in [0.25, 0.3) is 0 Å². The third-order valence-electron chi connectivity index (χ3n) is 5.74. The second-order valence-electron chi connectivity index (χ2n) is 8.50. The van der Waals surface area contributed by atoms with Crippen molar-refractivity contribution < 1.29 is 4.74 Å². The van der Waals surface area contributed by atoms with Crippen LogP contribution in [0.25, 0.3) is 23.5 Å². The van der Waals surface area contributed by atoms with E-state index in [1.807, 2.05) is 36.4 Å².